The van der Waals surface area contributed by atoms with E-state index in [-0.39, 0.29) is 17.2 Å². The lowest BCUT2D eigenvalue weighted by Crippen LogP contribution is -2.31. The van der Waals surface area contributed by atoms with Gasteiger partial charge in [0.2, 0.25) is 0 Å². The van der Waals surface area contributed by atoms with Gasteiger partial charge in [-0.15, -0.1) is 0 Å². The Kier molecular flexibility index (Phi) is 8.84. The number of nitrogens with zero attached hydrogens (tertiary/aromatic N) is 1. The summed E-state index contributed by atoms with van der Waals surface area (Å²) in [4.78, 5) is 35.6. The summed E-state index contributed by atoms with van der Waals surface area (Å²) in [5, 5.41) is 14.5. The van der Waals surface area contributed by atoms with Gasteiger partial charge < -0.3 is 24.3 Å². The van der Waals surface area contributed by atoms with Crippen molar-refractivity contribution in [3.8, 4) is 0 Å². The summed E-state index contributed by atoms with van der Waals surface area (Å²) in [6, 6.07) is 5.84. The average molecular weight is 462 g/mol. The first-order valence-corrected chi connectivity index (χ1v) is 10.8. The Bertz CT molecular complexity index is 965. The fraction of sp³-hybridized carbons (Fsp3) is 0.478. The molecule has 0 bridgehead atoms. The molecule has 1 N–H and O–H groups in total. The summed E-state index contributed by atoms with van der Waals surface area (Å²) < 4.78 is 21.4. The third-order valence-electron chi connectivity index (χ3n) is 4.49. The topological polar surface area (TPSA) is 126 Å². The number of hydrogen-bond acceptors (Lipinski definition) is 9. The zero-order valence-electron chi connectivity index (χ0n) is 19.7. The van der Waals surface area contributed by atoms with Gasteiger partial charge in [-0.2, -0.15) is 0 Å². The van der Waals surface area contributed by atoms with Crippen LogP contribution < -0.4 is 5.32 Å². The van der Waals surface area contributed by atoms with Crippen LogP contribution in [-0.4, -0.2) is 29.4 Å². The molecule has 1 aromatic carbocycles. The smallest absolute Gasteiger partial charge is 0.431 e. The Morgan fingerprint density at radius 1 is 1.06 bits per heavy atom. The fourth-order valence-corrected chi connectivity index (χ4v) is 3.28. The van der Waals surface area contributed by atoms with E-state index in [1.165, 1.54) is 18.2 Å². The highest BCUT2D eigenvalue weighted by Crippen LogP contribution is 2.41. The van der Waals surface area contributed by atoms with Crippen molar-refractivity contribution in [1.29, 1.82) is 0 Å². The van der Waals surface area contributed by atoms with Gasteiger partial charge in [-0.1, -0.05) is 25.5 Å². The van der Waals surface area contributed by atoms with E-state index in [1.807, 2.05) is 6.92 Å². The molecule has 1 unspecified atom stereocenters. The zero-order chi connectivity index (χ0) is 24.7. The first-order valence-electron chi connectivity index (χ1n) is 10.8. The Hall–Kier alpha value is -3.56. The van der Waals surface area contributed by atoms with Crippen molar-refractivity contribution in [1.82, 2.24) is 5.32 Å². The molecular formula is C23H30N2O8. The van der Waals surface area contributed by atoms with E-state index in [0.29, 0.717) is 23.4 Å². The van der Waals surface area contributed by atoms with Gasteiger partial charge in [0.15, 0.2) is 0 Å². The predicted molar refractivity (Wildman–Crippen MR) is 119 cm³/mol. The van der Waals surface area contributed by atoms with Crippen LogP contribution in [0.2, 0.25) is 0 Å². The fourth-order valence-electron chi connectivity index (χ4n) is 3.28. The first kappa shape index (κ1) is 25.7. The minimum atomic E-state index is -0.945. The van der Waals surface area contributed by atoms with E-state index in [0.717, 1.165) is 6.42 Å². The first-order chi connectivity index (χ1) is 15.5. The van der Waals surface area contributed by atoms with Gasteiger partial charge >= 0.3 is 12.3 Å². The Morgan fingerprint density at radius 3 is 2.15 bits per heavy atom. The van der Waals surface area contributed by atoms with Crippen LogP contribution in [0.1, 0.15) is 65.9 Å². The molecule has 0 fully saturated rings. The van der Waals surface area contributed by atoms with E-state index < -0.39 is 35.4 Å². The van der Waals surface area contributed by atoms with Gasteiger partial charge in [0, 0.05) is 12.1 Å². The van der Waals surface area contributed by atoms with Crippen molar-refractivity contribution in [2.45, 2.75) is 72.5 Å². The van der Waals surface area contributed by atoms with Crippen molar-refractivity contribution in [2.24, 2.45) is 0 Å². The monoisotopic (exact) mass is 462 g/mol. The maximum Gasteiger partial charge on any atom is 0.513 e. The number of dihydropyridines is 1. The highest BCUT2D eigenvalue weighted by Gasteiger charge is 2.37. The van der Waals surface area contributed by atoms with Crippen LogP contribution in [0.5, 0.6) is 0 Å². The van der Waals surface area contributed by atoms with Crippen molar-refractivity contribution in [2.75, 3.05) is 0 Å². The highest BCUT2D eigenvalue weighted by molar-refractivity contribution is 5.65. The molecule has 2 rings (SSSR count). The molecule has 0 aliphatic carbocycles. The lowest BCUT2D eigenvalue weighted by atomic mass is 9.89. The maximum atomic E-state index is 12.4. The van der Waals surface area contributed by atoms with Gasteiger partial charge in [0.05, 0.1) is 28.5 Å². The molecule has 0 radical (unpaired) electrons. The predicted octanol–water partition coefficient (Wildman–Crippen LogP) is 5.65. The van der Waals surface area contributed by atoms with Crippen LogP contribution in [0.4, 0.5) is 15.3 Å². The summed E-state index contributed by atoms with van der Waals surface area (Å²) in [6.45, 7) is 10.4. The molecule has 1 aromatic rings. The number of benzene rings is 1. The maximum absolute atomic E-state index is 12.4. The quantitative estimate of drug-likeness (QED) is 0.296. The molecule has 0 aromatic heterocycles. The molecule has 180 valence electrons. The molecule has 1 aliphatic heterocycles. The molecule has 10 nitrogen and oxygen atoms in total. The van der Waals surface area contributed by atoms with Crippen LogP contribution >= 0.6 is 0 Å². The molecule has 33 heavy (non-hydrogen) atoms. The summed E-state index contributed by atoms with van der Waals surface area (Å²) in [5.41, 5.74) is 1.31. The standard InChI is InChI=1S/C23H30N2O8/c1-7-9-18-21(33-23(27)31-14(4)5)19(16-10-8-11-17(12-16)25(28)29)20(15(6)24-18)32-22(26)30-13(2)3/h8,10-14,19,24H,7,9H2,1-6H3. The molecule has 1 heterocycles. The zero-order valence-corrected chi connectivity index (χ0v) is 19.7. The summed E-state index contributed by atoms with van der Waals surface area (Å²) in [6.07, 6.45) is -1.50. The number of carbonyl (C=O) groups excluding carboxylic acids is 2. The molecule has 10 heteroatoms. The number of carbonyl (C=O) groups is 2. The molecule has 0 spiro atoms. The van der Waals surface area contributed by atoms with E-state index in [4.69, 9.17) is 18.9 Å². The number of hydrogen-bond donors (Lipinski definition) is 1. The van der Waals surface area contributed by atoms with E-state index in [9.17, 15) is 19.7 Å². The van der Waals surface area contributed by atoms with Gasteiger partial charge in [-0.05, 0) is 46.6 Å². The van der Waals surface area contributed by atoms with Crippen LogP contribution in [-0.2, 0) is 18.9 Å². The van der Waals surface area contributed by atoms with E-state index in [2.05, 4.69) is 5.32 Å². The minimum Gasteiger partial charge on any atom is -0.431 e. The lowest BCUT2D eigenvalue weighted by molar-refractivity contribution is -0.384. The largest absolute Gasteiger partial charge is 0.513 e. The van der Waals surface area contributed by atoms with Crippen LogP contribution in [0, 0.1) is 10.1 Å². The minimum absolute atomic E-state index is 0.105. The Labute approximate surface area is 192 Å². The second-order valence-corrected chi connectivity index (χ2v) is 8.03. The van der Waals surface area contributed by atoms with Crippen molar-refractivity contribution < 1.29 is 33.5 Å². The normalized spacial score (nSPS) is 15.9. The molecule has 0 saturated carbocycles. The number of nitrogens with one attached hydrogen (secondary N) is 1. The molecule has 1 aliphatic rings. The molecule has 0 amide bonds. The van der Waals surface area contributed by atoms with Crippen molar-refractivity contribution in [3.63, 3.8) is 0 Å². The number of nitro benzene ring substituents is 1. The second kappa shape index (κ2) is 11.3. The number of ether oxygens (including phenoxy) is 4. The molecule has 0 saturated heterocycles. The van der Waals surface area contributed by atoms with Gasteiger partial charge in [0.1, 0.15) is 17.4 Å². The second-order valence-electron chi connectivity index (χ2n) is 8.03. The summed E-state index contributed by atoms with van der Waals surface area (Å²) in [7, 11) is 0. The number of rotatable bonds is 8. The van der Waals surface area contributed by atoms with E-state index >= 15 is 0 Å². The number of non-ortho nitro benzene ring substituents is 1. The summed E-state index contributed by atoms with van der Waals surface area (Å²) in [5.74, 6) is -0.679. The van der Waals surface area contributed by atoms with Crippen LogP contribution in [0.3, 0.4) is 0 Å². The number of allylic oxidation sites excluding steroid dienone is 2. The van der Waals surface area contributed by atoms with Crippen LogP contribution in [0.15, 0.2) is 47.2 Å². The third kappa shape index (κ3) is 6.96. The third-order valence-corrected chi connectivity index (χ3v) is 4.49. The Balaban J connectivity index is 2.62. The van der Waals surface area contributed by atoms with Gasteiger partial charge in [-0.25, -0.2) is 9.59 Å². The van der Waals surface area contributed by atoms with Crippen molar-refractivity contribution >= 4 is 18.0 Å². The Morgan fingerprint density at radius 2 is 1.64 bits per heavy atom. The SMILES string of the molecule is CCCC1=C(OC(=O)OC(C)C)C(c2cccc([N+](=O)[O-])c2)C(OC(=O)OC(C)C)=C(C)N1. The van der Waals surface area contributed by atoms with Crippen molar-refractivity contribution in [3.05, 3.63) is 62.9 Å². The van der Waals surface area contributed by atoms with Crippen LogP contribution in [0.25, 0.3) is 0 Å². The molecule has 1 atom stereocenters. The summed E-state index contributed by atoms with van der Waals surface area (Å²) >= 11 is 0. The van der Waals surface area contributed by atoms with Gasteiger partial charge in [-0.3, -0.25) is 10.1 Å². The lowest BCUT2D eigenvalue weighted by Gasteiger charge is -2.31. The number of nitro groups is 1. The highest BCUT2D eigenvalue weighted by atomic mass is 16.7. The van der Waals surface area contributed by atoms with Gasteiger partial charge in [0.25, 0.3) is 5.69 Å². The van der Waals surface area contributed by atoms with E-state index in [1.54, 1.807) is 40.7 Å². The molecular weight excluding hydrogens is 432 g/mol. The average Bonchev–Trinajstić information content (AvgIpc) is 2.70.